The first-order valence-electron chi connectivity index (χ1n) is 11.1. The van der Waals surface area contributed by atoms with Crippen molar-refractivity contribution in [3.8, 4) is 5.69 Å². The van der Waals surface area contributed by atoms with Crippen molar-refractivity contribution in [3.05, 3.63) is 53.1 Å². The van der Waals surface area contributed by atoms with Gasteiger partial charge in [0.05, 0.1) is 17.7 Å². The number of aryl methyl sites for hydroxylation is 1. The summed E-state index contributed by atoms with van der Waals surface area (Å²) in [5.74, 6) is -0.381. The van der Waals surface area contributed by atoms with Crippen molar-refractivity contribution in [2.75, 3.05) is 6.54 Å². The molecule has 0 bridgehead atoms. The number of hydrogen-bond donors (Lipinski definition) is 0. The molecule has 6 nitrogen and oxygen atoms in total. The summed E-state index contributed by atoms with van der Waals surface area (Å²) in [4.78, 5) is 31.5. The Morgan fingerprint density at radius 2 is 2.10 bits per heavy atom. The second-order valence-electron chi connectivity index (χ2n) is 9.41. The van der Waals surface area contributed by atoms with Gasteiger partial charge in [-0.05, 0) is 76.6 Å². The molecule has 1 atom stereocenters. The van der Waals surface area contributed by atoms with Gasteiger partial charge in [-0.2, -0.15) is 0 Å². The Morgan fingerprint density at radius 3 is 2.84 bits per heavy atom. The molecular formula is C25H31N3O3. The number of piperidine rings is 1. The van der Waals surface area contributed by atoms with E-state index in [9.17, 15) is 9.59 Å². The van der Waals surface area contributed by atoms with E-state index in [-0.39, 0.29) is 11.8 Å². The third kappa shape index (κ3) is 4.43. The first-order valence-corrected chi connectivity index (χ1v) is 11.1. The predicted octanol–water partition coefficient (Wildman–Crippen LogP) is 4.72. The average molecular weight is 422 g/mol. The smallest absolute Gasteiger partial charge is 0.417 e. The first-order chi connectivity index (χ1) is 14.8. The predicted molar refractivity (Wildman–Crippen MR) is 120 cm³/mol. The number of imidazole rings is 1. The van der Waals surface area contributed by atoms with Crippen molar-refractivity contribution < 1.29 is 14.3 Å². The number of benzene rings is 1. The molecule has 0 saturated carbocycles. The SMILES string of the molecule is C/C=C\c1ccc2c(c1)CCc1c(CC3CCCN(C(=O)OC(C)(C)C)C3=O)ncn1-2. The maximum Gasteiger partial charge on any atom is 0.417 e. The molecule has 4 rings (SSSR count). The number of imide groups is 1. The molecule has 164 valence electrons. The number of likely N-dealkylation sites (tertiary alicyclic amines) is 1. The molecule has 1 aromatic carbocycles. The van der Waals surface area contributed by atoms with Crippen LogP contribution in [0.4, 0.5) is 4.79 Å². The largest absolute Gasteiger partial charge is 0.443 e. The Bertz CT molecular complexity index is 1030. The summed E-state index contributed by atoms with van der Waals surface area (Å²) in [6, 6.07) is 6.51. The number of aromatic nitrogens is 2. The molecule has 6 heteroatoms. The molecule has 1 aromatic heterocycles. The van der Waals surface area contributed by atoms with Crippen molar-refractivity contribution in [1.82, 2.24) is 14.5 Å². The molecule has 0 N–H and O–H groups in total. The van der Waals surface area contributed by atoms with Gasteiger partial charge in [0.25, 0.3) is 0 Å². The van der Waals surface area contributed by atoms with Crippen LogP contribution in [0.15, 0.2) is 30.6 Å². The van der Waals surface area contributed by atoms with Crippen LogP contribution in [-0.2, 0) is 28.8 Å². The number of fused-ring (bicyclic) bond motifs is 3. The van der Waals surface area contributed by atoms with Crippen LogP contribution in [0.5, 0.6) is 0 Å². The molecule has 1 unspecified atom stereocenters. The van der Waals surface area contributed by atoms with E-state index in [4.69, 9.17) is 4.74 Å². The normalized spacial score (nSPS) is 18.8. The highest BCUT2D eigenvalue weighted by molar-refractivity contribution is 5.94. The Balaban J connectivity index is 1.52. The standard InChI is InChI=1S/C25H31N3O3/c1-5-7-17-9-11-21-18(14-17)10-12-22-20(26-16-28(21)22)15-19-8-6-13-27(23(19)29)24(30)31-25(2,3)4/h5,7,9,11,14,16,19H,6,8,10,12-13,15H2,1-4H3/b7-5-. The van der Waals surface area contributed by atoms with Gasteiger partial charge in [-0.25, -0.2) is 14.7 Å². The highest BCUT2D eigenvalue weighted by Crippen LogP contribution is 2.30. The van der Waals surface area contributed by atoms with Crippen molar-refractivity contribution >= 4 is 18.1 Å². The summed E-state index contributed by atoms with van der Waals surface area (Å²) in [6.07, 6.45) is 9.48. The first kappa shape index (κ1) is 21.3. The van der Waals surface area contributed by atoms with Gasteiger partial charge in [-0.1, -0.05) is 18.2 Å². The summed E-state index contributed by atoms with van der Waals surface area (Å²) >= 11 is 0. The molecular weight excluding hydrogens is 390 g/mol. The van der Waals surface area contributed by atoms with E-state index in [1.165, 1.54) is 27.4 Å². The zero-order valence-electron chi connectivity index (χ0n) is 18.9. The van der Waals surface area contributed by atoms with Crippen LogP contribution < -0.4 is 0 Å². The number of ether oxygens (including phenoxy) is 1. The number of nitrogens with zero attached hydrogens (tertiary/aromatic N) is 3. The van der Waals surface area contributed by atoms with E-state index in [0.717, 1.165) is 31.4 Å². The third-order valence-electron chi connectivity index (χ3n) is 5.91. The van der Waals surface area contributed by atoms with Gasteiger partial charge in [0.15, 0.2) is 0 Å². The number of allylic oxidation sites excluding steroid dienone is 1. The van der Waals surface area contributed by atoms with Crippen LogP contribution in [0.25, 0.3) is 11.8 Å². The van der Waals surface area contributed by atoms with Crippen LogP contribution in [-0.4, -0.2) is 38.6 Å². The molecule has 0 radical (unpaired) electrons. The molecule has 2 aliphatic rings. The van der Waals surface area contributed by atoms with E-state index >= 15 is 0 Å². The number of amides is 2. The molecule has 2 amide bonds. The van der Waals surface area contributed by atoms with Gasteiger partial charge < -0.3 is 9.30 Å². The fourth-order valence-electron chi connectivity index (χ4n) is 4.51. The summed E-state index contributed by atoms with van der Waals surface area (Å²) in [6.45, 7) is 7.89. The zero-order valence-corrected chi connectivity index (χ0v) is 18.9. The zero-order chi connectivity index (χ0) is 22.2. The number of hydrogen-bond acceptors (Lipinski definition) is 4. The van der Waals surface area contributed by atoms with Gasteiger partial charge in [-0.3, -0.25) is 4.79 Å². The van der Waals surface area contributed by atoms with E-state index in [0.29, 0.717) is 13.0 Å². The van der Waals surface area contributed by atoms with Gasteiger partial charge in [0, 0.05) is 24.6 Å². The van der Waals surface area contributed by atoms with E-state index in [1.807, 2.05) is 40.1 Å². The summed E-state index contributed by atoms with van der Waals surface area (Å²) in [5, 5.41) is 0. The minimum absolute atomic E-state index is 0.144. The van der Waals surface area contributed by atoms with Crippen molar-refractivity contribution in [3.63, 3.8) is 0 Å². The molecule has 31 heavy (non-hydrogen) atoms. The lowest BCUT2D eigenvalue weighted by Gasteiger charge is -2.32. The minimum atomic E-state index is -0.618. The maximum atomic E-state index is 13.0. The highest BCUT2D eigenvalue weighted by Gasteiger charge is 2.36. The van der Waals surface area contributed by atoms with Crippen LogP contribution >= 0.6 is 0 Å². The quantitative estimate of drug-likeness (QED) is 0.719. The van der Waals surface area contributed by atoms with Crippen LogP contribution in [0, 0.1) is 5.92 Å². The van der Waals surface area contributed by atoms with Crippen molar-refractivity contribution in [2.45, 2.75) is 65.4 Å². The molecule has 0 spiro atoms. The lowest BCUT2D eigenvalue weighted by Crippen LogP contribution is -2.47. The second kappa shape index (κ2) is 8.33. The van der Waals surface area contributed by atoms with Crippen LogP contribution in [0.2, 0.25) is 0 Å². The van der Waals surface area contributed by atoms with E-state index in [1.54, 1.807) is 0 Å². The second-order valence-corrected chi connectivity index (χ2v) is 9.41. The minimum Gasteiger partial charge on any atom is -0.443 e. The summed E-state index contributed by atoms with van der Waals surface area (Å²) in [5.41, 5.74) is 5.21. The lowest BCUT2D eigenvalue weighted by atomic mass is 9.90. The number of carbonyl (C=O) groups excluding carboxylic acids is 2. The van der Waals surface area contributed by atoms with Gasteiger partial charge in [0.2, 0.25) is 5.91 Å². The Morgan fingerprint density at radius 1 is 1.29 bits per heavy atom. The highest BCUT2D eigenvalue weighted by atomic mass is 16.6. The Labute approximate surface area is 183 Å². The Hall–Kier alpha value is -2.89. The monoisotopic (exact) mass is 421 g/mol. The van der Waals surface area contributed by atoms with Crippen molar-refractivity contribution in [1.29, 1.82) is 0 Å². The fourth-order valence-corrected chi connectivity index (χ4v) is 4.51. The Kier molecular flexibility index (Phi) is 5.73. The third-order valence-corrected chi connectivity index (χ3v) is 5.91. The maximum absolute atomic E-state index is 13.0. The van der Waals surface area contributed by atoms with Gasteiger partial charge >= 0.3 is 6.09 Å². The van der Waals surface area contributed by atoms with E-state index in [2.05, 4.69) is 33.8 Å². The molecule has 1 fully saturated rings. The van der Waals surface area contributed by atoms with Gasteiger partial charge in [0.1, 0.15) is 5.60 Å². The summed E-state index contributed by atoms with van der Waals surface area (Å²) < 4.78 is 7.59. The number of carbonyl (C=O) groups is 2. The number of rotatable bonds is 3. The van der Waals surface area contributed by atoms with E-state index < -0.39 is 11.7 Å². The lowest BCUT2D eigenvalue weighted by molar-refractivity contribution is -0.137. The molecule has 2 aromatic rings. The molecule has 2 aliphatic heterocycles. The topological polar surface area (TPSA) is 64.4 Å². The average Bonchev–Trinajstić information content (AvgIpc) is 3.11. The molecule has 3 heterocycles. The van der Waals surface area contributed by atoms with Crippen LogP contribution in [0.1, 0.15) is 63.1 Å². The molecule has 0 aliphatic carbocycles. The molecule has 1 saturated heterocycles. The fraction of sp³-hybridized carbons (Fsp3) is 0.480. The van der Waals surface area contributed by atoms with Crippen molar-refractivity contribution in [2.24, 2.45) is 5.92 Å². The summed E-state index contributed by atoms with van der Waals surface area (Å²) in [7, 11) is 0. The van der Waals surface area contributed by atoms with Gasteiger partial charge in [-0.15, -0.1) is 0 Å². The van der Waals surface area contributed by atoms with Crippen LogP contribution in [0.3, 0.4) is 0 Å².